The maximum absolute atomic E-state index is 13.6. The van der Waals surface area contributed by atoms with Crippen molar-refractivity contribution in [3.8, 4) is 0 Å². The van der Waals surface area contributed by atoms with Crippen LogP contribution >= 0.6 is 12.4 Å². The number of hydrogen-bond donors (Lipinski definition) is 0. The zero-order chi connectivity index (χ0) is 30.8. The van der Waals surface area contributed by atoms with Gasteiger partial charge in [0.05, 0.1) is 17.0 Å². The summed E-state index contributed by atoms with van der Waals surface area (Å²) in [4.78, 5) is 29.4. The van der Waals surface area contributed by atoms with Gasteiger partial charge in [-0.15, -0.1) is 12.4 Å². The lowest BCUT2D eigenvalue weighted by Gasteiger charge is -2.34. The first-order valence-corrected chi connectivity index (χ1v) is 16.4. The average Bonchev–Trinajstić information content (AvgIpc) is 3.10. The van der Waals surface area contributed by atoms with Crippen LogP contribution in [0.3, 0.4) is 0 Å². The first-order chi connectivity index (χ1) is 22.2. The molecule has 0 atom stereocenters. The Bertz CT molecular complexity index is 1730. The maximum Gasteiger partial charge on any atom is 0.331 e. The molecule has 0 amide bonds. The van der Waals surface area contributed by atoms with Gasteiger partial charge < -0.3 is 9.64 Å². The van der Waals surface area contributed by atoms with Gasteiger partial charge in [0.25, 0.3) is 5.56 Å². The molecule has 6 rings (SSSR count). The van der Waals surface area contributed by atoms with Gasteiger partial charge in [0.1, 0.15) is 6.10 Å². The predicted molar refractivity (Wildman–Crippen MR) is 189 cm³/mol. The molecule has 240 valence electrons. The van der Waals surface area contributed by atoms with Gasteiger partial charge in [0.2, 0.25) is 0 Å². The van der Waals surface area contributed by atoms with Crippen molar-refractivity contribution in [2.24, 2.45) is 0 Å². The molecule has 2 heterocycles. The number of hydrogen-bond acceptors (Lipinski definition) is 4. The van der Waals surface area contributed by atoms with Crippen LogP contribution < -0.4 is 11.2 Å². The molecule has 0 bridgehead atoms. The van der Waals surface area contributed by atoms with Crippen molar-refractivity contribution in [2.45, 2.75) is 63.8 Å². The number of aromatic nitrogens is 2. The summed E-state index contributed by atoms with van der Waals surface area (Å²) in [6.45, 7) is 4.04. The molecule has 1 saturated heterocycles. The number of halogens is 1. The van der Waals surface area contributed by atoms with Crippen LogP contribution in [0.5, 0.6) is 0 Å². The topological polar surface area (TPSA) is 56.5 Å². The Balaban J connectivity index is 0.00000417. The van der Waals surface area contributed by atoms with Crippen LogP contribution in [0.1, 0.15) is 54.9 Å². The molecule has 4 aromatic carbocycles. The van der Waals surface area contributed by atoms with Gasteiger partial charge in [-0.3, -0.25) is 13.9 Å². The second kappa shape index (κ2) is 16.5. The third kappa shape index (κ3) is 8.24. The molecule has 0 radical (unpaired) electrons. The van der Waals surface area contributed by atoms with Gasteiger partial charge >= 0.3 is 5.69 Å². The Kier molecular flexibility index (Phi) is 12.0. The van der Waals surface area contributed by atoms with Crippen LogP contribution in [0.2, 0.25) is 0 Å². The molecule has 1 aliphatic heterocycles. The Hall–Kier alpha value is -3.97. The van der Waals surface area contributed by atoms with Gasteiger partial charge in [-0.05, 0) is 73.9 Å². The van der Waals surface area contributed by atoms with E-state index in [1.807, 2.05) is 59.2 Å². The van der Waals surface area contributed by atoms with Gasteiger partial charge in [0.15, 0.2) is 0 Å². The summed E-state index contributed by atoms with van der Waals surface area (Å²) in [5, 5.41) is 0.614. The maximum atomic E-state index is 13.6. The lowest BCUT2D eigenvalue weighted by Crippen LogP contribution is -2.40. The molecule has 5 aromatic rings. The normalized spacial score (nSPS) is 14.0. The molecule has 6 nitrogen and oxygen atoms in total. The number of nitrogens with zero attached hydrogens (tertiary/aromatic N) is 3. The number of unbranched alkanes of at least 4 members (excludes halogenated alkanes) is 1. The van der Waals surface area contributed by atoms with Crippen LogP contribution in [0, 0.1) is 0 Å². The fraction of sp³-hybridized carbons (Fsp3) is 0.333. The smallest absolute Gasteiger partial charge is 0.331 e. The van der Waals surface area contributed by atoms with Crippen molar-refractivity contribution < 1.29 is 4.74 Å². The summed E-state index contributed by atoms with van der Waals surface area (Å²) in [5.41, 5.74) is 3.95. The van der Waals surface area contributed by atoms with Crippen molar-refractivity contribution in [3.63, 3.8) is 0 Å². The highest BCUT2D eigenvalue weighted by molar-refractivity contribution is 5.85. The van der Waals surface area contributed by atoms with E-state index in [1.165, 1.54) is 21.3 Å². The summed E-state index contributed by atoms with van der Waals surface area (Å²) in [5.74, 6) is 0. The number of piperidine rings is 1. The summed E-state index contributed by atoms with van der Waals surface area (Å²) >= 11 is 0. The highest BCUT2D eigenvalue weighted by atomic mass is 35.5. The molecule has 0 aliphatic carbocycles. The number of para-hydroxylation sites is 1. The molecule has 0 N–H and O–H groups in total. The van der Waals surface area contributed by atoms with Crippen molar-refractivity contribution in [2.75, 3.05) is 19.6 Å². The number of aryl methyl sites for hydroxylation is 2. The Labute approximate surface area is 277 Å². The van der Waals surface area contributed by atoms with E-state index in [0.29, 0.717) is 18.5 Å². The lowest BCUT2D eigenvalue weighted by molar-refractivity contribution is -0.0271. The van der Waals surface area contributed by atoms with E-state index in [1.54, 1.807) is 0 Å². The summed E-state index contributed by atoms with van der Waals surface area (Å²) in [6, 6.07) is 38.8. The van der Waals surface area contributed by atoms with E-state index in [0.717, 1.165) is 63.7 Å². The second-order valence-electron chi connectivity index (χ2n) is 12.1. The quantitative estimate of drug-likeness (QED) is 0.127. The van der Waals surface area contributed by atoms with E-state index in [9.17, 15) is 9.59 Å². The predicted octanol–water partition coefficient (Wildman–Crippen LogP) is 7.27. The molecular formula is C39H44ClN3O3. The van der Waals surface area contributed by atoms with Gasteiger partial charge in [0, 0.05) is 26.2 Å². The molecule has 46 heavy (non-hydrogen) atoms. The number of ether oxygens (including phenoxy) is 1. The zero-order valence-electron chi connectivity index (χ0n) is 26.4. The minimum absolute atomic E-state index is 0. The Morgan fingerprint density at radius 1 is 0.630 bits per heavy atom. The first kappa shape index (κ1) is 33.4. The Morgan fingerprint density at radius 2 is 1.17 bits per heavy atom. The number of likely N-dealkylation sites (tertiary alicyclic amines) is 1. The van der Waals surface area contributed by atoms with Gasteiger partial charge in [-0.2, -0.15) is 0 Å². The summed E-state index contributed by atoms with van der Waals surface area (Å²) in [6.07, 6.45) is 5.64. The molecule has 0 saturated carbocycles. The summed E-state index contributed by atoms with van der Waals surface area (Å²) in [7, 11) is 0. The third-order valence-electron chi connectivity index (χ3n) is 9.00. The minimum atomic E-state index is -0.198. The van der Waals surface area contributed by atoms with E-state index in [2.05, 4.69) is 65.6 Å². The molecule has 0 unspecified atom stereocenters. The van der Waals surface area contributed by atoms with Crippen molar-refractivity contribution >= 4 is 23.3 Å². The fourth-order valence-corrected chi connectivity index (χ4v) is 6.54. The number of fused-ring (bicyclic) bond motifs is 1. The zero-order valence-corrected chi connectivity index (χ0v) is 27.2. The van der Waals surface area contributed by atoms with E-state index < -0.39 is 0 Å². The highest BCUT2D eigenvalue weighted by Crippen LogP contribution is 2.30. The molecular weight excluding hydrogens is 594 g/mol. The van der Waals surface area contributed by atoms with Crippen molar-refractivity contribution in [1.82, 2.24) is 14.0 Å². The number of rotatable bonds is 13. The van der Waals surface area contributed by atoms with Crippen LogP contribution in [0.25, 0.3) is 10.9 Å². The van der Waals surface area contributed by atoms with Crippen LogP contribution in [0.15, 0.2) is 125 Å². The van der Waals surface area contributed by atoms with E-state index in [4.69, 9.17) is 4.74 Å². The van der Waals surface area contributed by atoms with Gasteiger partial charge in [-0.1, -0.05) is 103 Å². The van der Waals surface area contributed by atoms with Crippen LogP contribution in [0.4, 0.5) is 0 Å². The van der Waals surface area contributed by atoms with Crippen LogP contribution in [-0.4, -0.2) is 39.8 Å². The molecule has 1 aromatic heterocycles. The average molecular weight is 638 g/mol. The Morgan fingerprint density at radius 3 is 1.83 bits per heavy atom. The SMILES string of the molecule is Cl.O=c1c2ccccc2n(CCCCN2CCC(OC(c3ccccc3)c3ccccc3)CC2)c(=O)n1CCCc1ccccc1. The first-order valence-electron chi connectivity index (χ1n) is 16.4. The largest absolute Gasteiger partial charge is 0.365 e. The van der Waals surface area contributed by atoms with Crippen LogP contribution in [-0.2, 0) is 24.2 Å². The lowest BCUT2D eigenvalue weighted by atomic mass is 10.00. The monoisotopic (exact) mass is 637 g/mol. The van der Waals surface area contributed by atoms with E-state index >= 15 is 0 Å². The number of benzene rings is 4. The minimum Gasteiger partial charge on any atom is -0.365 e. The second-order valence-corrected chi connectivity index (χ2v) is 12.1. The highest BCUT2D eigenvalue weighted by Gasteiger charge is 2.24. The third-order valence-corrected chi connectivity index (χ3v) is 9.00. The van der Waals surface area contributed by atoms with Crippen molar-refractivity contribution in [3.05, 3.63) is 153 Å². The van der Waals surface area contributed by atoms with Gasteiger partial charge in [-0.25, -0.2) is 4.79 Å². The fourth-order valence-electron chi connectivity index (χ4n) is 6.54. The summed E-state index contributed by atoms with van der Waals surface area (Å²) < 4.78 is 9.98. The standard InChI is InChI=1S/C39H43N3O3.ClH/c43-38-35-22-10-11-23-36(35)41(39(44)42(38)28-14-17-31-15-4-1-5-16-31)27-13-12-26-40-29-24-34(25-30-40)45-37(32-18-6-2-7-19-32)33-20-8-3-9-21-33;/h1-11,15-16,18-23,34,37H,12-14,17,24-30H2;1H. The van der Waals surface area contributed by atoms with E-state index in [-0.39, 0.29) is 35.9 Å². The van der Waals surface area contributed by atoms with Crippen molar-refractivity contribution in [1.29, 1.82) is 0 Å². The molecule has 7 heteroatoms. The molecule has 1 aliphatic rings. The molecule has 1 fully saturated rings. The molecule has 0 spiro atoms.